The number of aryl methyl sites for hydroxylation is 2. The summed E-state index contributed by atoms with van der Waals surface area (Å²) in [5.74, 6) is 2.18. The minimum atomic E-state index is 0.130. The lowest BCUT2D eigenvalue weighted by molar-refractivity contribution is 0.317. The van der Waals surface area contributed by atoms with Crippen LogP contribution in [0.15, 0.2) is 0 Å². The van der Waals surface area contributed by atoms with Gasteiger partial charge in [-0.25, -0.2) is 0 Å². The third kappa shape index (κ3) is 4.00. The minimum Gasteiger partial charge on any atom is -0.357 e. The van der Waals surface area contributed by atoms with Crippen molar-refractivity contribution in [3.63, 3.8) is 0 Å². The third-order valence-corrected chi connectivity index (χ3v) is 4.49. The van der Waals surface area contributed by atoms with Crippen LogP contribution in [0.4, 0.5) is 5.82 Å². The van der Waals surface area contributed by atoms with Crippen LogP contribution in [0.3, 0.4) is 0 Å². The summed E-state index contributed by atoms with van der Waals surface area (Å²) in [6.07, 6.45) is 4.19. The van der Waals surface area contributed by atoms with Crippen LogP contribution >= 0.6 is 0 Å². The molecule has 4 nitrogen and oxygen atoms in total. The van der Waals surface area contributed by atoms with E-state index in [4.69, 9.17) is 0 Å². The van der Waals surface area contributed by atoms with Gasteiger partial charge in [-0.1, -0.05) is 6.42 Å². The molecule has 2 rings (SSSR count). The van der Waals surface area contributed by atoms with E-state index in [1.54, 1.807) is 0 Å². The van der Waals surface area contributed by atoms with Crippen LogP contribution < -0.4 is 10.2 Å². The average Bonchev–Trinajstić information content (AvgIpc) is 2.60. The monoisotopic (exact) mass is 292 g/mol. The summed E-state index contributed by atoms with van der Waals surface area (Å²) in [5, 5.41) is 8.28. The van der Waals surface area contributed by atoms with Gasteiger partial charge in [-0.2, -0.15) is 5.10 Å². The Hall–Kier alpha value is -1.03. The number of hydrogen-bond acceptors (Lipinski definition) is 3. The highest BCUT2D eigenvalue weighted by molar-refractivity contribution is 5.50. The van der Waals surface area contributed by atoms with Crippen molar-refractivity contribution in [2.75, 3.05) is 18.0 Å². The molecule has 0 bridgehead atoms. The van der Waals surface area contributed by atoms with Crippen LogP contribution in [-0.2, 0) is 13.6 Å². The number of nitrogens with one attached hydrogen (secondary N) is 1. The van der Waals surface area contributed by atoms with Gasteiger partial charge in [-0.05, 0) is 53.4 Å². The molecule has 0 amide bonds. The number of aromatic nitrogens is 2. The first-order chi connectivity index (χ1) is 9.81. The summed E-state index contributed by atoms with van der Waals surface area (Å²) in [5.41, 5.74) is 2.63. The molecule has 1 fully saturated rings. The van der Waals surface area contributed by atoms with Crippen LogP contribution in [-0.4, -0.2) is 28.4 Å². The fourth-order valence-corrected chi connectivity index (χ4v) is 3.00. The van der Waals surface area contributed by atoms with Gasteiger partial charge in [0.15, 0.2) is 0 Å². The van der Waals surface area contributed by atoms with Gasteiger partial charge in [0, 0.05) is 37.8 Å². The Morgan fingerprint density at radius 1 is 1.33 bits per heavy atom. The van der Waals surface area contributed by atoms with Gasteiger partial charge in [0.2, 0.25) is 0 Å². The fourth-order valence-electron chi connectivity index (χ4n) is 3.00. The normalized spacial score (nSPS) is 16.1. The predicted octanol–water partition coefficient (Wildman–Crippen LogP) is 3.24. The fraction of sp³-hybridized carbons (Fsp3) is 0.824. The number of rotatable bonds is 6. The Labute approximate surface area is 129 Å². The first-order valence-corrected chi connectivity index (χ1v) is 8.34. The molecule has 0 radical (unpaired) electrons. The maximum absolute atomic E-state index is 4.67. The smallest absolute Gasteiger partial charge is 0.131 e. The molecule has 120 valence electrons. The summed E-state index contributed by atoms with van der Waals surface area (Å²) in [4.78, 5) is 2.52. The molecule has 1 heterocycles. The Balaban J connectivity index is 2.19. The van der Waals surface area contributed by atoms with Crippen molar-refractivity contribution in [2.24, 2.45) is 13.0 Å². The van der Waals surface area contributed by atoms with E-state index in [0.717, 1.165) is 24.7 Å². The van der Waals surface area contributed by atoms with Crippen LogP contribution in [0.5, 0.6) is 0 Å². The molecule has 0 unspecified atom stereocenters. The lowest BCUT2D eigenvalue weighted by Gasteiger charge is -2.33. The zero-order valence-electron chi connectivity index (χ0n) is 14.7. The van der Waals surface area contributed by atoms with Gasteiger partial charge in [0.05, 0.1) is 5.69 Å². The van der Waals surface area contributed by atoms with Gasteiger partial charge in [-0.15, -0.1) is 0 Å². The summed E-state index contributed by atoms with van der Waals surface area (Å²) in [6.45, 7) is 14.1. The molecular weight excluding hydrogens is 260 g/mol. The largest absolute Gasteiger partial charge is 0.357 e. The maximum Gasteiger partial charge on any atom is 0.131 e. The van der Waals surface area contributed by atoms with E-state index in [9.17, 15) is 0 Å². The summed E-state index contributed by atoms with van der Waals surface area (Å²) in [6, 6.07) is 0. The minimum absolute atomic E-state index is 0.130. The molecule has 1 aromatic heterocycles. The van der Waals surface area contributed by atoms with Crippen molar-refractivity contribution in [2.45, 2.75) is 66.0 Å². The molecule has 0 spiro atoms. The molecule has 4 heteroatoms. The van der Waals surface area contributed by atoms with E-state index in [0.29, 0.717) is 0 Å². The van der Waals surface area contributed by atoms with Crippen LogP contribution in [0.25, 0.3) is 0 Å². The lowest BCUT2D eigenvalue weighted by Crippen LogP contribution is -2.37. The molecule has 0 saturated heterocycles. The third-order valence-electron chi connectivity index (χ3n) is 4.49. The Morgan fingerprint density at radius 2 is 2.00 bits per heavy atom. The van der Waals surface area contributed by atoms with Crippen molar-refractivity contribution in [1.29, 1.82) is 0 Å². The predicted molar refractivity (Wildman–Crippen MR) is 89.8 cm³/mol. The SMILES string of the molecule is CCN(CC1CCC1)c1c(CNC(C)(C)C)c(C)nn1C. The van der Waals surface area contributed by atoms with Crippen molar-refractivity contribution >= 4 is 5.82 Å². The summed E-state index contributed by atoms with van der Waals surface area (Å²) < 4.78 is 2.07. The molecule has 0 aromatic carbocycles. The zero-order chi connectivity index (χ0) is 15.6. The standard InChI is InChI=1S/C17H32N4/c1-7-21(12-14-9-8-10-14)16-15(11-18-17(3,4)5)13(2)19-20(16)6/h14,18H,7-12H2,1-6H3. The van der Waals surface area contributed by atoms with Gasteiger partial charge in [0.25, 0.3) is 0 Å². The van der Waals surface area contributed by atoms with Crippen molar-refractivity contribution < 1.29 is 0 Å². The lowest BCUT2D eigenvalue weighted by atomic mass is 9.85. The number of hydrogen-bond donors (Lipinski definition) is 1. The zero-order valence-corrected chi connectivity index (χ0v) is 14.7. The molecule has 21 heavy (non-hydrogen) atoms. The highest BCUT2D eigenvalue weighted by atomic mass is 15.4. The van der Waals surface area contributed by atoms with Crippen LogP contribution in [0.2, 0.25) is 0 Å². The van der Waals surface area contributed by atoms with E-state index in [1.165, 1.54) is 37.2 Å². The first kappa shape index (κ1) is 16.3. The van der Waals surface area contributed by atoms with Crippen LogP contribution in [0, 0.1) is 12.8 Å². The second-order valence-electron chi connectivity index (χ2n) is 7.45. The number of anilines is 1. The van der Waals surface area contributed by atoms with Crippen molar-refractivity contribution in [1.82, 2.24) is 15.1 Å². The van der Waals surface area contributed by atoms with Crippen molar-refractivity contribution in [3.05, 3.63) is 11.3 Å². The van der Waals surface area contributed by atoms with E-state index in [2.05, 4.69) is 61.7 Å². The number of nitrogens with zero attached hydrogens (tertiary/aromatic N) is 3. The van der Waals surface area contributed by atoms with E-state index in [-0.39, 0.29) is 5.54 Å². The summed E-state index contributed by atoms with van der Waals surface area (Å²) in [7, 11) is 2.08. The topological polar surface area (TPSA) is 33.1 Å². The highest BCUT2D eigenvalue weighted by Crippen LogP contribution is 2.31. The summed E-state index contributed by atoms with van der Waals surface area (Å²) >= 11 is 0. The second-order valence-corrected chi connectivity index (χ2v) is 7.45. The Kier molecular flexibility index (Phi) is 4.97. The van der Waals surface area contributed by atoms with E-state index >= 15 is 0 Å². The molecular formula is C17H32N4. The van der Waals surface area contributed by atoms with Gasteiger partial charge in [0.1, 0.15) is 5.82 Å². The highest BCUT2D eigenvalue weighted by Gasteiger charge is 2.25. The van der Waals surface area contributed by atoms with Gasteiger partial charge < -0.3 is 10.2 Å². The molecule has 1 saturated carbocycles. The van der Waals surface area contributed by atoms with Gasteiger partial charge in [-0.3, -0.25) is 4.68 Å². The van der Waals surface area contributed by atoms with E-state index < -0.39 is 0 Å². The van der Waals surface area contributed by atoms with Crippen LogP contribution in [0.1, 0.15) is 58.2 Å². The Morgan fingerprint density at radius 3 is 2.48 bits per heavy atom. The quantitative estimate of drug-likeness (QED) is 0.874. The van der Waals surface area contributed by atoms with Crippen molar-refractivity contribution in [3.8, 4) is 0 Å². The maximum atomic E-state index is 4.67. The molecule has 1 aromatic rings. The average molecular weight is 292 g/mol. The van der Waals surface area contributed by atoms with Gasteiger partial charge >= 0.3 is 0 Å². The molecule has 1 N–H and O–H groups in total. The second kappa shape index (κ2) is 6.39. The molecule has 0 aliphatic heterocycles. The first-order valence-electron chi connectivity index (χ1n) is 8.34. The molecule has 1 aliphatic carbocycles. The molecule has 1 aliphatic rings. The van der Waals surface area contributed by atoms with E-state index in [1.807, 2.05) is 0 Å². The molecule has 0 atom stereocenters. The Bertz CT molecular complexity index is 466.